The first kappa shape index (κ1) is 12.0. The average Bonchev–Trinajstić information content (AvgIpc) is 2.85. The van der Waals surface area contributed by atoms with Crippen LogP contribution in [0.4, 0.5) is 0 Å². The second-order valence-corrected chi connectivity index (χ2v) is 5.09. The number of halogens is 1. The number of thiophene rings is 1. The van der Waals surface area contributed by atoms with Gasteiger partial charge in [-0.1, -0.05) is 34.1 Å². The first-order chi connectivity index (χ1) is 8.25. The fourth-order valence-electron chi connectivity index (χ4n) is 1.18. The van der Waals surface area contributed by atoms with E-state index in [4.69, 9.17) is 0 Å². The van der Waals surface area contributed by atoms with E-state index in [9.17, 15) is 4.79 Å². The van der Waals surface area contributed by atoms with Gasteiger partial charge in [0.05, 0.1) is 11.1 Å². The van der Waals surface area contributed by atoms with E-state index in [0.717, 1.165) is 10.0 Å². The maximum Gasteiger partial charge on any atom is 0.281 e. The Labute approximate surface area is 111 Å². The summed E-state index contributed by atoms with van der Waals surface area (Å²) >= 11 is 4.74. The summed E-state index contributed by atoms with van der Waals surface area (Å²) in [4.78, 5) is 12.2. The first-order valence-electron chi connectivity index (χ1n) is 4.88. The molecule has 2 rings (SSSR count). The number of benzene rings is 1. The van der Waals surface area contributed by atoms with E-state index in [1.165, 1.54) is 11.3 Å². The van der Waals surface area contributed by atoms with Gasteiger partial charge in [-0.2, -0.15) is 5.10 Å². The van der Waals surface area contributed by atoms with E-state index in [1.54, 1.807) is 12.3 Å². The van der Waals surface area contributed by atoms with Gasteiger partial charge in [0.25, 0.3) is 5.91 Å². The first-order valence-corrected chi connectivity index (χ1v) is 6.55. The molecule has 1 N–H and O–H groups in total. The molecular weight excluding hydrogens is 300 g/mol. The third-order valence-corrected chi connectivity index (χ3v) is 3.39. The molecule has 86 valence electrons. The fraction of sp³-hybridized carbons (Fsp3) is 0. The van der Waals surface area contributed by atoms with Crippen LogP contribution in [0.1, 0.15) is 15.2 Å². The van der Waals surface area contributed by atoms with E-state index in [2.05, 4.69) is 26.5 Å². The summed E-state index contributed by atoms with van der Waals surface area (Å²) in [5, 5.41) is 5.75. The molecule has 17 heavy (non-hydrogen) atoms. The number of hydrazone groups is 1. The van der Waals surface area contributed by atoms with Gasteiger partial charge < -0.3 is 0 Å². The quantitative estimate of drug-likeness (QED) is 0.686. The molecule has 0 aliphatic rings. The van der Waals surface area contributed by atoms with Gasteiger partial charge in [-0.25, -0.2) is 5.43 Å². The summed E-state index contributed by atoms with van der Waals surface area (Å²) in [6.45, 7) is 0. The topological polar surface area (TPSA) is 41.5 Å². The van der Waals surface area contributed by atoms with Crippen LogP contribution < -0.4 is 5.43 Å². The molecule has 0 radical (unpaired) electrons. The summed E-state index contributed by atoms with van der Waals surface area (Å²) in [5.41, 5.74) is 3.41. The Morgan fingerprint density at radius 2 is 2.06 bits per heavy atom. The molecule has 0 fully saturated rings. The van der Waals surface area contributed by atoms with Crippen LogP contribution in [0.15, 0.2) is 51.4 Å². The van der Waals surface area contributed by atoms with Gasteiger partial charge in [0.1, 0.15) is 0 Å². The lowest BCUT2D eigenvalue weighted by Crippen LogP contribution is -2.16. The van der Waals surface area contributed by atoms with Crippen molar-refractivity contribution < 1.29 is 4.79 Å². The van der Waals surface area contributed by atoms with Gasteiger partial charge in [0.2, 0.25) is 0 Å². The third kappa shape index (κ3) is 3.51. The number of hydrogen-bond acceptors (Lipinski definition) is 3. The maximum absolute atomic E-state index is 11.5. The van der Waals surface area contributed by atoms with Crippen LogP contribution in [0.3, 0.4) is 0 Å². The van der Waals surface area contributed by atoms with Crippen LogP contribution in [0.5, 0.6) is 0 Å². The minimum Gasteiger partial charge on any atom is -0.266 e. The highest BCUT2D eigenvalue weighted by molar-refractivity contribution is 9.10. The monoisotopic (exact) mass is 308 g/mol. The molecule has 1 heterocycles. The smallest absolute Gasteiger partial charge is 0.266 e. The minimum absolute atomic E-state index is 0.187. The van der Waals surface area contributed by atoms with Crippen molar-refractivity contribution in [3.63, 3.8) is 0 Å². The van der Waals surface area contributed by atoms with E-state index in [0.29, 0.717) is 4.88 Å². The number of nitrogens with zero attached hydrogens (tertiary/aromatic N) is 1. The lowest BCUT2D eigenvalue weighted by Gasteiger charge is -1.96. The Kier molecular flexibility index (Phi) is 4.06. The van der Waals surface area contributed by atoms with Crippen molar-refractivity contribution >= 4 is 39.4 Å². The molecule has 0 saturated heterocycles. The zero-order valence-corrected chi connectivity index (χ0v) is 11.2. The molecule has 0 atom stereocenters. The zero-order valence-electron chi connectivity index (χ0n) is 8.76. The number of amides is 1. The Morgan fingerprint density at radius 3 is 2.71 bits per heavy atom. The molecule has 1 amide bonds. The van der Waals surface area contributed by atoms with Crippen LogP contribution in [-0.4, -0.2) is 12.1 Å². The lowest BCUT2D eigenvalue weighted by atomic mass is 10.2. The second kappa shape index (κ2) is 5.75. The molecular formula is C12H9BrN2OS. The highest BCUT2D eigenvalue weighted by Gasteiger charge is 2.03. The second-order valence-electron chi connectivity index (χ2n) is 3.23. The Morgan fingerprint density at radius 1 is 1.29 bits per heavy atom. The molecule has 2 aromatic rings. The van der Waals surface area contributed by atoms with E-state index in [1.807, 2.05) is 35.7 Å². The Hall–Kier alpha value is -1.46. The highest BCUT2D eigenvalue weighted by Crippen LogP contribution is 2.09. The highest BCUT2D eigenvalue weighted by atomic mass is 79.9. The van der Waals surface area contributed by atoms with Crippen molar-refractivity contribution in [1.29, 1.82) is 0 Å². The van der Waals surface area contributed by atoms with Crippen molar-refractivity contribution in [2.24, 2.45) is 5.10 Å². The van der Waals surface area contributed by atoms with E-state index in [-0.39, 0.29) is 5.91 Å². The van der Waals surface area contributed by atoms with Crippen molar-refractivity contribution in [1.82, 2.24) is 5.43 Å². The van der Waals surface area contributed by atoms with Crippen molar-refractivity contribution in [2.75, 3.05) is 0 Å². The van der Waals surface area contributed by atoms with Gasteiger partial charge >= 0.3 is 0 Å². The molecule has 0 aliphatic heterocycles. The molecule has 1 aromatic heterocycles. The largest absolute Gasteiger partial charge is 0.281 e. The van der Waals surface area contributed by atoms with Crippen LogP contribution >= 0.6 is 27.3 Å². The zero-order chi connectivity index (χ0) is 12.1. The summed E-state index contributed by atoms with van der Waals surface area (Å²) < 4.78 is 1.01. The van der Waals surface area contributed by atoms with Gasteiger partial charge in [0, 0.05) is 4.47 Å². The molecule has 0 bridgehead atoms. The standard InChI is InChI=1S/C12H9BrN2OS/c13-10-5-3-9(4-6-10)8-14-15-12(16)11-2-1-7-17-11/h1-8H,(H,15,16)/b14-8+. The lowest BCUT2D eigenvalue weighted by molar-refractivity contribution is 0.0959. The van der Waals surface area contributed by atoms with E-state index >= 15 is 0 Å². The fourth-order valence-corrected chi connectivity index (χ4v) is 2.06. The normalized spacial score (nSPS) is 10.6. The summed E-state index contributed by atoms with van der Waals surface area (Å²) in [6.07, 6.45) is 1.61. The predicted molar refractivity (Wildman–Crippen MR) is 73.5 cm³/mol. The SMILES string of the molecule is O=C(N/N=C/c1ccc(Br)cc1)c1cccs1. The van der Waals surface area contributed by atoms with Gasteiger partial charge in [0.15, 0.2) is 0 Å². The van der Waals surface area contributed by atoms with Crippen molar-refractivity contribution in [3.05, 3.63) is 56.7 Å². The Bertz CT molecular complexity index is 520. The number of nitrogens with one attached hydrogen (secondary N) is 1. The van der Waals surface area contributed by atoms with Gasteiger partial charge in [-0.3, -0.25) is 4.79 Å². The Balaban J connectivity index is 1.94. The molecule has 1 aromatic carbocycles. The van der Waals surface area contributed by atoms with Crippen LogP contribution in [0.2, 0.25) is 0 Å². The number of hydrogen-bond donors (Lipinski definition) is 1. The molecule has 0 unspecified atom stereocenters. The summed E-state index contributed by atoms with van der Waals surface area (Å²) in [5.74, 6) is -0.187. The van der Waals surface area contributed by atoms with E-state index < -0.39 is 0 Å². The summed E-state index contributed by atoms with van der Waals surface area (Å²) in [7, 11) is 0. The molecule has 0 saturated carbocycles. The van der Waals surface area contributed by atoms with Crippen molar-refractivity contribution in [2.45, 2.75) is 0 Å². The molecule has 5 heteroatoms. The maximum atomic E-state index is 11.5. The third-order valence-electron chi connectivity index (χ3n) is 1.99. The minimum atomic E-state index is -0.187. The molecule has 0 aliphatic carbocycles. The predicted octanol–water partition coefficient (Wildman–Crippen LogP) is 3.27. The molecule has 0 spiro atoms. The average molecular weight is 309 g/mol. The number of carbonyl (C=O) groups is 1. The number of carbonyl (C=O) groups excluding carboxylic acids is 1. The van der Waals surface area contributed by atoms with Crippen molar-refractivity contribution in [3.8, 4) is 0 Å². The van der Waals surface area contributed by atoms with Gasteiger partial charge in [-0.15, -0.1) is 11.3 Å². The van der Waals surface area contributed by atoms with Crippen LogP contribution in [-0.2, 0) is 0 Å². The summed E-state index contributed by atoms with van der Waals surface area (Å²) in [6, 6.07) is 11.2. The molecule has 3 nitrogen and oxygen atoms in total. The van der Waals surface area contributed by atoms with Crippen LogP contribution in [0, 0.1) is 0 Å². The number of rotatable bonds is 3. The van der Waals surface area contributed by atoms with Gasteiger partial charge in [-0.05, 0) is 29.1 Å². The van der Waals surface area contributed by atoms with Crippen LogP contribution in [0.25, 0.3) is 0 Å².